The fraction of sp³-hybridized carbons (Fsp3) is 0.435. The number of benzene rings is 2. The summed E-state index contributed by atoms with van der Waals surface area (Å²) in [6.45, 7) is 1.63. The summed E-state index contributed by atoms with van der Waals surface area (Å²) in [6.07, 6.45) is 3.29. The lowest BCUT2D eigenvalue weighted by atomic mass is 9.93. The molecule has 1 heterocycles. The molecule has 0 N–H and O–H groups in total. The third-order valence-electron chi connectivity index (χ3n) is 5.54. The van der Waals surface area contributed by atoms with Crippen molar-refractivity contribution in [1.82, 2.24) is 0 Å². The molecular weight excluding hydrogens is 393 g/mol. The molecule has 1 atom stereocenters. The van der Waals surface area contributed by atoms with E-state index in [0.717, 1.165) is 31.4 Å². The lowest BCUT2D eigenvalue weighted by Crippen LogP contribution is -2.20. The van der Waals surface area contributed by atoms with E-state index < -0.39 is 23.8 Å². The average Bonchev–Trinajstić information content (AvgIpc) is 2.71. The van der Waals surface area contributed by atoms with E-state index in [2.05, 4.69) is 0 Å². The zero-order valence-corrected chi connectivity index (χ0v) is 17.6. The van der Waals surface area contributed by atoms with Crippen molar-refractivity contribution in [2.45, 2.75) is 62.8 Å². The van der Waals surface area contributed by atoms with Crippen molar-refractivity contribution in [3.8, 4) is 5.75 Å². The molecule has 0 aromatic heterocycles. The topological polar surface area (TPSA) is 26.3 Å². The smallest absolute Gasteiger partial charge is 0.343 e. The van der Waals surface area contributed by atoms with Gasteiger partial charge in [-0.1, -0.05) is 36.7 Å². The molecule has 1 radical (unpaired) electrons. The summed E-state index contributed by atoms with van der Waals surface area (Å²) in [7, 11) is -0.343. The van der Waals surface area contributed by atoms with Gasteiger partial charge in [0, 0.05) is 14.9 Å². The van der Waals surface area contributed by atoms with Crippen LogP contribution in [-0.2, 0) is 0 Å². The number of halogens is 3. The van der Waals surface area contributed by atoms with Gasteiger partial charge in [0.2, 0.25) is 0 Å². The van der Waals surface area contributed by atoms with Gasteiger partial charge in [-0.25, -0.2) is 18.0 Å². The molecule has 0 spiro atoms. The Morgan fingerprint density at radius 2 is 1.79 bits per heavy atom. The summed E-state index contributed by atoms with van der Waals surface area (Å²) in [5.74, 6) is -2.16. The minimum absolute atomic E-state index is 0.0258. The fourth-order valence-electron chi connectivity index (χ4n) is 3.84. The highest BCUT2D eigenvalue weighted by atomic mass is 28.3. The Bertz CT molecular complexity index is 815. The minimum atomic E-state index is -1.05. The van der Waals surface area contributed by atoms with Crippen LogP contribution in [0.2, 0.25) is 18.1 Å². The first-order chi connectivity index (χ1) is 13.9. The van der Waals surface area contributed by atoms with Gasteiger partial charge in [-0.05, 0) is 61.9 Å². The van der Waals surface area contributed by atoms with Gasteiger partial charge in [0.15, 0.2) is 11.6 Å². The molecule has 0 amide bonds. The van der Waals surface area contributed by atoms with Crippen LogP contribution in [0.3, 0.4) is 0 Å². The molecule has 0 aliphatic carbocycles. The molecule has 0 bridgehead atoms. The van der Waals surface area contributed by atoms with Gasteiger partial charge in [-0.3, -0.25) is 0 Å². The normalized spacial score (nSPS) is 16.6. The monoisotopic (exact) mass is 419 g/mol. The predicted octanol–water partition coefficient (Wildman–Crippen LogP) is 6.69. The van der Waals surface area contributed by atoms with Crippen molar-refractivity contribution < 1.29 is 22.7 Å². The predicted molar refractivity (Wildman–Crippen MR) is 110 cm³/mol. The van der Waals surface area contributed by atoms with Crippen LogP contribution in [0, 0.1) is 11.6 Å². The van der Waals surface area contributed by atoms with Crippen molar-refractivity contribution in [2.75, 3.05) is 0 Å². The molecule has 1 aliphatic heterocycles. The second kappa shape index (κ2) is 10.1. The number of carbonyl (C=O) groups is 1. The molecule has 0 saturated carbocycles. The first-order valence-corrected chi connectivity index (χ1v) is 12.3. The molecule has 2 aromatic carbocycles. The molecule has 2 nitrogen and oxygen atoms in total. The lowest BCUT2D eigenvalue weighted by Gasteiger charge is -2.28. The fourth-order valence-corrected chi connectivity index (χ4v) is 6.81. The van der Waals surface area contributed by atoms with Crippen LogP contribution in [-0.4, -0.2) is 20.9 Å². The van der Waals surface area contributed by atoms with Crippen LogP contribution < -0.4 is 4.74 Å². The van der Waals surface area contributed by atoms with E-state index in [9.17, 15) is 18.0 Å². The van der Waals surface area contributed by atoms with Gasteiger partial charge in [0.05, 0.1) is 11.7 Å². The number of esters is 1. The van der Waals surface area contributed by atoms with Crippen LogP contribution in [0.25, 0.3) is 0 Å². The van der Waals surface area contributed by atoms with E-state index in [1.807, 2.05) is 12.1 Å². The van der Waals surface area contributed by atoms with Gasteiger partial charge in [0.1, 0.15) is 5.75 Å². The summed E-state index contributed by atoms with van der Waals surface area (Å²) >= 11 is 0. The molecule has 6 heteroatoms. The number of rotatable bonds is 7. The van der Waals surface area contributed by atoms with E-state index in [0.29, 0.717) is 17.9 Å². The van der Waals surface area contributed by atoms with Crippen LogP contribution in [0.1, 0.15) is 54.4 Å². The van der Waals surface area contributed by atoms with Gasteiger partial charge in [-0.2, -0.15) is 0 Å². The van der Waals surface area contributed by atoms with E-state index in [-0.39, 0.29) is 14.5 Å². The van der Waals surface area contributed by atoms with Crippen molar-refractivity contribution >= 4 is 14.8 Å². The van der Waals surface area contributed by atoms with Crippen LogP contribution in [0.15, 0.2) is 42.5 Å². The van der Waals surface area contributed by atoms with Gasteiger partial charge in [-0.15, -0.1) is 0 Å². The minimum Gasteiger partial charge on any atom is -0.423 e. The van der Waals surface area contributed by atoms with Crippen molar-refractivity contribution in [3.63, 3.8) is 0 Å². The molecule has 1 aliphatic rings. The first kappa shape index (κ1) is 21.6. The maximum Gasteiger partial charge on any atom is 0.343 e. The maximum atomic E-state index is 13.2. The molecule has 2 aromatic rings. The molecular formula is C23H26F3O2Si. The number of carbonyl (C=O) groups excluding carboxylic acids is 1. The molecule has 29 heavy (non-hydrogen) atoms. The van der Waals surface area contributed by atoms with E-state index in [4.69, 9.17) is 4.74 Å². The number of ether oxygens (including phenoxy) is 1. The van der Waals surface area contributed by atoms with Gasteiger partial charge < -0.3 is 4.74 Å². The Morgan fingerprint density at radius 3 is 2.41 bits per heavy atom. The summed E-state index contributed by atoms with van der Waals surface area (Å²) < 4.78 is 44.3. The van der Waals surface area contributed by atoms with Crippen molar-refractivity contribution in [3.05, 3.63) is 65.2 Å². The number of hydrogen-bond donors (Lipinski definition) is 0. The number of alkyl halides is 1. The average molecular weight is 420 g/mol. The summed E-state index contributed by atoms with van der Waals surface area (Å²) in [4.78, 5) is 12.2. The Labute approximate surface area is 171 Å². The summed E-state index contributed by atoms with van der Waals surface area (Å²) in [5, 5.41) is 0. The van der Waals surface area contributed by atoms with Gasteiger partial charge >= 0.3 is 5.97 Å². The molecule has 155 valence electrons. The summed E-state index contributed by atoms with van der Waals surface area (Å²) in [6, 6.07) is 14.1. The lowest BCUT2D eigenvalue weighted by molar-refractivity contribution is 0.0734. The standard InChI is InChI=1S/C23H26F3O2Si/c1-16(24)3-2-12-29-13-10-18(11-14-29)17-4-6-19(7-5-17)23(27)28-20-8-9-21(25)22(26)15-20/h4-9,15-16,18H,2-3,10-14H2,1H3. The van der Waals surface area contributed by atoms with Crippen LogP contribution >= 0.6 is 0 Å². The molecule has 1 unspecified atom stereocenters. The highest BCUT2D eigenvalue weighted by Crippen LogP contribution is 2.35. The number of hydrogen-bond acceptors (Lipinski definition) is 2. The van der Waals surface area contributed by atoms with E-state index in [1.165, 1.54) is 29.8 Å². The molecule has 3 rings (SSSR count). The SMILES string of the molecule is CC(F)CCC[Si]1CCC(c2ccc(C(=O)Oc3ccc(F)c(F)c3)cc2)CC1. The largest absolute Gasteiger partial charge is 0.423 e. The van der Waals surface area contributed by atoms with Crippen LogP contribution in [0.5, 0.6) is 5.75 Å². The third-order valence-corrected chi connectivity index (χ3v) is 8.60. The molecule has 1 fully saturated rings. The van der Waals surface area contributed by atoms with Crippen molar-refractivity contribution in [1.29, 1.82) is 0 Å². The maximum absolute atomic E-state index is 13.2. The quantitative estimate of drug-likeness (QED) is 0.284. The highest BCUT2D eigenvalue weighted by molar-refractivity contribution is 6.59. The van der Waals surface area contributed by atoms with Crippen molar-refractivity contribution in [2.24, 2.45) is 0 Å². The zero-order chi connectivity index (χ0) is 20.8. The second-order valence-corrected chi connectivity index (χ2v) is 10.8. The Kier molecular flexibility index (Phi) is 7.53. The summed E-state index contributed by atoms with van der Waals surface area (Å²) in [5.41, 5.74) is 1.59. The van der Waals surface area contributed by atoms with Crippen LogP contribution in [0.4, 0.5) is 13.2 Å². The molecule has 1 saturated heterocycles. The first-order valence-electron chi connectivity index (χ1n) is 10.2. The van der Waals surface area contributed by atoms with E-state index in [1.54, 1.807) is 19.1 Å². The third kappa shape index (κ3) is 6.20. The zero-order valence-electron chi connectivity index (χ0n) is 16.6. The Balaban J connectivity index is 1.51. The highest BCUT2D eigenvalue weighted by Gasteiger charge is 2.23. The Hall–Kier alpha value is -2.08. The second-order valence-electron chi connectivity index (χ2n) is 7.78. The Morgan fingerprint density at radius 1 is 1.10 bits per heavy atom. The van der Waals surface area contributed by atoms with Gasteiger partial charge in [0.25, 0.3) is 0 Å². The van der Waals surface area contributed by atoms with E-state index >= 15 is 0 Å².